The number of hydrogen-bond acceptors (Lipinski definition) is 3. The molecule has 2 N–H and O–H groups in total. The molecule has 124 valence electrons. The third kappa shape index (κ3) is 4.47. The lowest BCUT2D eigenvalue weighted by atomic mass is 9.94. The van der Waals surface area contributed by atoms with Gasteiger partial charge in [0.1, 0.15) is 11.6 Å². The van der Waals surface area contributed by atoms with E-state index in [0.717, 1.165) is 25.5 Å². The maximum absolute atomic E-state index is 14.0. The molecule has 1 aliphatic heterocycles. The predicted molar refractivity (Wildman–Crippen MR) is 81.7 cm³/mol. The fourth-order valence-electron chi connectivity index (χ4n) is 3.29. The Bertz CT molecular complexity index is 622. The van der Waals surface area contributed by atoms with E-state index in [1.54, 1.807) is 0 Å². The molecule has 1 saturated heterocycles. The highest BCUT2D eigenvalue weighted by Crippen LogP contribution is 2.31. The normalized spacial score (nSPS) is 21.7. The number of likely N-dealkylation sites (tertiary alicyclic amines) is 1. The number of primary sulfonamides is 1. The van der Waals surface area contributed by atoms with Crippen molar-refractivity contribution >= 4 is 10.0 Å². The van der Waals surface area contributed by atoms with Gasteiger partial charge in [0.05, 0.1) is 5.75 Å². The van der Waals surface area contributed by atoms with E-state index in [0.29, 0.717) is 18.5 Å². The fourth-order valence-corrected chi connectivity index (χ4v) is 4.22. The van der Waals surface area contributed by atoms with Crippen LogP contribution in [0.15, 0.2) is 18.2 Å². The SMILES string of the molecule is CC[C@H](c1ccc(F)cc1F)N1CCC[C@H](CS(N)(=O)=O)C1. The minimum Gasteiger partial charge on any atom is -0.296 e. The second-order valence-corrected chi connectivity index (χ2v) is 7.58. The third-order valence-electron chi connectivity index (χ3n) is 4.17. The van der Waals surface area contributed by atoms with E-state index in [1.807, 2.05) is 6.92 Å². The molecular weight excluding hydrogens is 310 g/mol. The number of hydrogen-bond donors (Lipinski definition) is 1. The molecule has 2 atom stereocenters. The van der Waals surface area contributed by atoms with E-state index in [9.17, 15) is 17.2 Å². The Balaban J connectivity index is 2.16. The standard InChI is InChI=1S/C15H22F2N2O2S/c1-2-15(13-6-5-12(16)8-14(13)17)19-7-3-4-11(9-19)10-22(18,20)21/h5-6,8,11,15H,2-4,7,9-10H2,1H3,(H2,18,20,21)/t11-,15+/m0/s1. The summed E-state index contributed by atoms with van der Waals surface area (Å²) in [4.78, 5) is 2.08. The lowest BCUT2D eigenvalue weighted by molar-refractivity contribution is 0.125. The van der Waals surface area contributed by atoms with Gasteiger partial charge in [-0.15, -0.1) is 0 Å². The minimum absolute atomic E-state index is 0.0405. The Hall–Kier alpha value is -1.05. The lowest BCUT2D eigenvalue weighted by Gasteiger charge is -2.38. The van der Waals surface area contributed by atoms with E-state index < -0.39 is 21.7 Å². The summed E-state index contributed by atoms with van der Waals surface area (Å²) in [6.45, 7) is 3.28. The van der Waals surface area contributed by atoms with Crippen molar-refractivity contribution in [2.45, 2.75) is 32.2 Å². The first-order chi connectivity index (χ1) is 10.3. The number of benzene rings is 1. The van der Waals surface area contributed by atoms with Crippen LogP contribution in [0, 0.1) is 17.6 Å². The molecule has 4 nitrogen and oxygen atoms in total. The van der Waals surface area contributed by atoms with Gasteiger partial charge in [-0.3, -0.25) is 4.90 Å². The van der Waals surface area contributed by atoms with E-state index in [1.165, 1.54) is 12.1 Å². The average molecular weight is 332 g/mol. The first kappa shape index (κ1) is 17.3. The molecule has 1 heterocycles. The molecule has 0 spiro atoms. The first-order valence-corrected chi connectivity index (χ1v) is 9.21. The number of piperidine rings is 1. The van der Waals surface area contributed by atoms with Crippen LogP contribution < -0.4 is 5.14 Å². The van der Waals surface area contributed by atoms with Crippen molar-refractivity contribution in [3.05, 3.63) is 35.4 Å². The van der Waals surface area contributed by atoms with Crippen molar-refractivity contribution in [3.63, 3.8) is 0 Å². The number of nitrogens with zero attached hydrogens (tertiary/aromatic N) is 1. The molecule has 1 aromatic rings. The van der Waals surface area contributed by atoms with Gasteiger partial charge in [0.2, 0.25) is 10.0 Å². The Morgan fingerprint density at radius 1 is 1.41 bits per heavy atom. The third-order valence-corrected chi connectivity index (χ3v) is 5.10. The molecule has 1 aliphatic rings. The van der Waals surface area contributed by atoms with Gasteiger partial charge in [0.15, 0.2) is 0 Å². The van der Waals surface area contributed by atoms with Crippen LogP contribution >= 0.6 is 0 Å². The maximum Gasteiger partial charge on any atom is 0.209 e. The van der Waals surface area contributed by atoms with Gasteiger partial charge in [-0.2, -0.15) is 0 Å². The van der Waals surface area contributed by atoms with Gasteiger partial charge < -0.3 is 0 Å². The van der Waals surface area contributed by atoms with Crippen LogP contribution in [0.5, 0.6) is 0 Å². The number of rotatable bonds is 5. The molecule has 0 radical (unpaired) electrons. The van der Waals surface area contributed by atoms with Gasteiger partial charge >= 0.3 is 0 Å². The largest absolute Gasteiger partial charge is 0.296 e. The van der Waals surface area contributed by atoms with E-state index in [2.05, 4.69) is 4.90 Å². The highest BCUT2D eigenvalue weighted by molar-refractivity contribution is 7.89. The van der Waals surface area contributed by atoms with Crippen molar-refractivity contribution in [1.29, 1.82) is 0 Å². The Morgan fingerprint density at radius 3 is 2.73 bits per heavy atom. The minimum atomic E-state index is -3.51. The van der Waals surface area contributed by atoms with Gasteiger partial charge in [-0.05, 0) is 37.8 Å². The first-order valence-electron chi connectivity index (χ1n) is 7.49. The summed E-state index contributed by atoms with van der Waals surface area (Å²) in [6, 6.07) is 3.45. The zero-order valence-corrected chi connectivity index (χ0v) is 13.5. The lowest BCUT2D eigenvalue weighted by Crippen LogP contribution is -2.41. The predicted octanol–water partition coefficient (Wildman–Crippen LogP) is 2.42. The van der Waals surface area contributed by atoms with Crippen LogP contribution in [-0.4, -0.2) is 32.2 Å². The van der Waals surface area contributed by atoms with Crippen LogP contribution in [0.2, 0.25) is 0 Å². The van der Waals surface area contributed by atoms with Crippen LogP contribution in [0.1, 0.15) is 37.8 Å². The molecule has 0 amide bonds. The average Bonchev–Trinajstić information content (AvgIpc) is 2.40. The molecule has 7 heteroatoms. The molecule has 0 saturated carbocycles. The second-order valence-electron chi connectivity index (χ2n) is 5.92. The van der Waals surface area contributed by atoms with Crippen molar-refractivity contribution in [3.8, 4) is 0 Å². The summed E-state index contributed by atoms with van der Waals surface area (Å²) in [7, 11) is -3.51. The van der Waals surface area contributed by atoms with Gasteiger partial charge in [0.25, 0.3) is 0 Å². The van der Waals surface area contributed by atoms with E-state index >= 15 is 0 Å². The molecule has 22 heavy (non-hydrogen) atoms. The summed E-state index contributed by atoms with van der Waals surface area (Å²) in [5, 5.41) is 5.12. The maximum atomic E-state index is 14.0. The summed E-state index contributed by atoms with van der Waals surface area (Å²) >= 11 is 0. The van der Waals surface area contributed by atoms with Crippen LogP contribution in [0.4, 0.5) is 8.78 Å². The molecular formula is C15H22F2N2O2S. The quantitative estimate of drug-likeness (QED) is 0.901. The van der Waals surface area contributed by atoms with Crippen molar-refractivity contribution in [1.82, 2.24) is 4.90 Å². The number of nitrogens with two attached hydrogens (primary N) is 1. The fraction of sp³-hybridized carbons (Fsp3) is 0.600. The zero-order valence-electron chi connectivity index (χ0n) is 12.6. The van der Waals surface area contributed by atoms with Gasteiger partial charge in [-0.25, -0.2) is 22.3 Å². The van der Waals surface area contributed by atoms with E-state index in [4.69, 9.17) is 5.14 Å². The molecule has 1 fully saturated rings. The Labute approximate surface area is 130 Å². The molecule has 1 aromatic carbocycles. The van der Waals surface area contributed by atoms with Crippen LogP contribution in [-0.2, 0) is 10.0 Å². The van der Waals surface area contributed by atoms with Crippen LogP contribution in [0.3, 0.4) is 0 Å². The topological polar surface area (TPSA) is 63.4 Å². The van der Waals surface area contributed by atoms with Gasteiger partial charge in [-0.1, -0.05) is 13.0 Å². The van der Waals surface area contributed by atoms with E-state index in [-0.39, 0.29) is 17.7 Å². The highest BCUT2D eigenvalue weighted by Gasteiger charge is 2.29. The Kier molecular flexibility index (Phi) is 5.52. The van der Waals surface area contributed by atoms with Crippen molar-refractivity contribution in [2.75, 3.05) is 18.8 Å². The highest BCUT2D eigenvalue weighted by atomic mass is 32.2. The monoisotopic (exact) mass is 332 g/mol. The smallest absolute Gasteiger partial charge is 0.209 e. The summed E-state index contributed by atoms with van der Waals surface area (Å²) in [6.07, 6.45) is 2.32. The molecule has 0 unspecified atom stereocenters. The number of halogens is 2. The molecule has 0 bridgehead atoms. The second kappa shape index (κ2) is 7.02. The summed E-state index contributed by atoms with van der Waals surface area (Å²) in [5.74, 6) is -1.24. The Morgan fingerprint density at radius 2 is 2.14 bits per heavy atom. The number of sulfonamides is 1. The summed E-state index contributed by atoms with van der Waals surface area (Å²) in [5.41, 5.74) is 0.458. The molecule has 2 rings (SSSR count). The summed E-state index contributed by atoms with van der Waals surface area (Å²) < 4.78 is 49.6. The van der Waals surface area contributed by atoms with Crippen LogP contribution in [0.25, 0.3) is 0 Å². The molecule has 0 aliphatic carbocycles. The van der Waals surface area contributed by atoms with Crippen molar-refractivity contribution in [2.24, 2.45) is 11.1 Å². The van der Waals surface area contributed by atoms with Crippen molar-refractivity contribution < 1.29 is 17.2 Å². The van der Waals surface area contributed by atoms with Gasteiger partial charge in [0, 0.05) is 24.2 Å². The molecule has 0 aromatic heterocycles. The zero-order chi connectivity index (χ0) is 16.3.